The van der Waals surface area contributed by atoms with Gasteiger partial charge >= 0.3 is 5.97 Å². The van der Waals surface area contributed by atoms with Gasteiger partial charge in [0.2, 0.25) is 0 Å². The molecule has 5 nitrogen and oxygen atoms in total. The molecule has 1 aromatic heterocycles. The van der Waals surface area contributed by atoms with Crippen molar-refractivity contribution in [1.29, 1.82) is 0 Å². The van der Waals surface area contributed by atoms with Crippen LogP contribution in [0.1, 0.15) is 72.7 Å². The van der Waals surface area contributed by atoms with E-state index in [0.717, 1.165) is 31.6 Å². The molecular weight excluding hydrogens is 292 g/mol. The number of pyridine rings is 1. The molecule has 0 radical (unpaired) electrons. The predicted molar refractivity (Wildman–Crippen MR) is 86.4 cm³/mol. The number of aromatic nitrogens is 1. The summed E-state index contributed by atoms with van der Waals surface area (Å²) in [6, 6.07) is 3.43. The highest BCUT2D eigenvalue weighted by Gasteiger charge is 2.39. The first-order chi connectivity index (χ1) is 11.1. The topological polar surface area (TPSA) is 70.5 Å². The number of hydrogen-bond acceptors (Lipinski definition) is 3. The smallest absolute Gasteiger partial charge is 0.335 e. The minimum atomic E-state index is -1.03. The largest absolute Gasteiger partial charge is 0.478 e. The Balaban J connectivity index is 1.77. The third-order valence-corrected chi connectivity index (χ3v) is 5.19. The lowest BCUT2D eigenvalue weighted by molar-refractivity contribution is 0.0581. The minimum absolute atomic E-state index is 0.101. The van der Waals surface area contributed by atoms with E-state index in [2.05, 4.69) is 11.9 Å². The number of nitrogens with zero attached hydrogens (tertiary/aromatic N) is 2. The SMILES string of the molecule is CCC1CCC(N(C(=O)c2cc(C(=O)O)ccn2)C2CC2)CC1. The van der Waals surface area contributed by atoms with Crippen LogP contribution in [-0.4, -0.2) is 39.0 Å². The molecule has 2 fully saturated rings. The first kappa shape index (κ1) is 16.0. The summed E-state index contributed by atoms with van der Waals surface area (Å²) in [5, 5.41) is 9.10. The zero-order valence-electron chi connectivity index (χ0n) is 13.6. The van der Waals surface area contributed by atoms with Crippen molar-refractivity contribution in [2.24, 2.45) is 5.92 Å². The standard InChI is InChI=1S/C18H24N2O3/c1-2-12-3-5-14(6-4-12)20(15-7-8-15)17(21)16-11-13(18(22)23)9-10-19-16/h9-12,14-15H,2-8H2,1H3,(H,22,23). The van der Waals surface area contributed by atoms with Crippen molar-refractivity contribution in [3.8, 4) is 0 Å². The molecule has 1 heterocycles. The quantitative estimate of drug-likeness (QED) is 0.904. The fraction of sp³-hybridized carbons (Fsp3) is 0.611. The van der Waals surface area contributed by atoms with Gasteiger partial charge in [-0.25, -0.2) is 4.79 Å². The first-order valence-electron chi connectivity index (χ1n) is 8.62. The van der Waals surface area contributed by atoms with Gasteiger partial charge in [-0.2, -0.15) is 0 Å². The van der Waals surface area contributed by atoms with Gasteiger partial charge in [-0.1, -0.05) is 13.3 Å². The third-order valence-electron chi connectivity index (χ3n) is 5.19. The summed E-state index contributed by atoms with van der Waals surface area (Å²) in [7, 11) is 0. The highest BCUT2D eigenvalue weighted by atomic mass is 16.4. The van der Waals surface area contributed by atoms with Crippen molar-refractivity contribution >= 4 is 11.9 Å². The molecule has 0 unspecified atom stereocenters. The molecule has 23 heavy (non-hydrogen) atoms. The summed E-state index contributed by atoms with van der Waals surface area (Å²) in [4.78, 5) is 30.2. The van der Waals surface area contributed by atoms with E-state index in [0.29, 0.717) is 6.04 Å². The highest BCUT2D eigenvalue weighted by molar-refractivity contribution is 5.96. The molecule has 0 aromatic carbocycles. The molecule has 0 aliphatic heterocycles. The Morgan fingerprint density at radius 3 is 2.30 bits per heavy atom. The summed E-state index contributed by atoms with van der Waals surface area (Å²) in [5.41, 5.74) is 0.378. The van der Waals surface area contributed by atoms with Crippen LogP contribution in [0.25, 0.3) is 0 Å². The summed E-state index contributed by atoms with van der Waals surface area (Å²) in [5.74, 6) is -0.339. The van der Waals surface area contributed by atoms with Gasteiger partial charge in [0.05, 0.1) is 5.56 Å². The summed E-state index contributed by atoms with van der Waals surface area (Å²) >= 11 is 0. The first-order valence-corrected chi connectivity index (χ1v) is 8.62. The normalized spacial score (nSPS) is 24.2. The number of hydrogen-bond donors (Lipinski definition) is 1. The zero-order chi connectivity index (χ0) is 16.4. The maximum absolute atomic E-state index is 12.9. The van der Waals surface area contributed by atoms with Gasteiger partial charge in [0.1, 0.15) is 5.69 Å². The van der Waals surface area contributed by atoms with E-state index >= 15 is 0 Å². The van der Waals surface area contributed by atoms with Crippen LogP contribution in [0.15, 0.2) is 18.3 Å². The second kappa shape index (κ2) is 6.69. The number of carbonyl (C=O) groups is 2. The molecular formula is C18H24N2O3. The fourth-order valence-electron chi connectivity index (χ4n) is 3.63. The summed E-state index contributed by atoms with van der Waals surface area (Å²) < 4.78 is 0. The van der Waals surface area contributed by atoms with Gasteiger partial charge in [-0.05, 0) is 56.6 Å². The van der Waals surface area contributed by atoms with Crippen LogP contribution in [0.4, 0.5) is 0 Å². The van der Waals surface area contributed by atoms with Crippen molar-refractivity contribution in [3.63, 3.8) is 0 Å². The Bertz CT molecular complexity index is 590. The second-order valence-corrected chi connectivity index (χ2v) is 6.76. The molecule has 2 aliphatic rings. The molecule has 124 valence electrons. The Morgan fingerprint density at radius 1 is 1.17 bits per heavy atom. The van der Waals surface area contributed by atoms with E-state index in [1.165, 1.54) is 37.6 Å². The van der Waals surface area contributed by atoms with E-state index in [4.69, 9.17) is 5.11 Å². The maximum atomic E-state index is 12.9. The lowest BCUT2D eigenvalue weighted by Crippen LogP contribution is -2.44. The molecule has 1 N–H and O–H groups in total. The second-order valence-electron chi connectivity index (χ2n) is 6.76. The molecule has 0 bridgehead atoms. The van der Waals surface area contributed by atoms with Crippen LogP contribution in [0, 0.1) is 5.92 Å². The van der Waals surface area contributed by atoms with Crippen molar-refractivity contribution in [3.05, 3.63) is 29.6 Å². The lowest BCUT2D eigenvalue weighted by atomic mass is 9.83. The lowest BCUT2D eigenvalue weighted by Gasteiger charge is -2.37. The average Bonchev–Trinajstić information content (AvgIpc) is 3.40. The van der Waals surface area contributed by atoms with E-state index in [-0.39, 0.29) is 23.2 Å². The fourth-order valence-corrected chi connectivity index (χ4v) is 3.63. The number of amides is 1. The van der Waals surface area contributed by atoms with E-state index in [1.807, 2.05) is 4.90 Å². The Hall–Kier alpha value is -1.91. The highest BCUT2D eigenvalue weighted by Crippen LogP contribution is 2.36. The molecule has 1 aromatic rings. The van der Waals surface area contributed by atoms with E-state index < -0.39 is 5.97 Å². The van der Waals surface area contributed by atoms with Crippen molar-refractivity contribution < 1.29 is 14.7 Å². The van der Waals surface area contributed by atoms with Gasteiger partial charge in [0.15, 0.2) is 0 Å². The summed E-state index contributed by atoms with van der Waals surface area (Å²) in [6.07, 6.45) is 9.21. The third kappa shape index (κ3) is 3.54. The van der Waals surface area contributed by atoms with Crippen molar-refractivity contribution in [1.82, 2.24) is 9.88 Å². The molecule has 0 atom stereocenters. The van der Waals surface area contributed by atoms with Crippen LogP contribution < -0.4 is 0 Å². The number of rotatable bonds is 5. The number of carboxylic acid groups (broad SMARTS) is 1. The van der Waals surface area contributed by atoms with Gasteiger partial charge in [0.25, 0.3) is 5.91 Å². The van der Waals surface area contributed by atoms with Crippen LogP contribution in [0.5, 0.6) is 0 Å². The van der Waals surface area contributed by atoms with Crippen molar-refractivity contribution in [2.45, 2.75) is 64.0 Å². The van der Waals surface area contributed by atoms with Crippen LogP contribution in [0.2, 0.25) is 0 Å². The molecule has 5 heteroatoms. The number of aromatic carboxylic acids is 1. The number of carboxylic acids is 1. The Morgan fingerprint density at radius 2 is 1.78 bits per heavy atom. The monoisotopic (exact) mass is 316 g/mol. The molecule has 0 spiro atoms. The minimum Gasteiger partial charge on any atom is -0.478 e. The molecule has 3 rings (SSSR count). The number of carbonyl (C=O) groups excluding carboxylic acids is 1. The maximum Gasteiger partial charge on any atom is 0.335 e. The van der Waals surface area contributed by atoms with Gasteiger partial charge in [0, 0.05) is 18.3 Å². The zero-order valence-corrected chi connectivity index (χ0v) is 13.6. The van der Waals surface area contributed by atoms with E-state index in [1.54, 1.807) is 0 Å². The van der Waals surface area contributed by atoms with Crippen LogP contribution in [-0.2, 0) is 0 Å². The van der Waals surface area contributed by atoms with Gasteiger partial charge in [-0.15, -0.1) is 0 Å². The molecule has 2 saturated carbocycles. The molecule has 1 amide bonds. The van der Waals surface area contributed by atoms with Gasteiger partial charge in [-0.3, -0.25) is 9.78 Å². The van der Waals surface area contributed by atoms with Crippen LogP contribution >= 0.6 is 0 Å². The molecule has 0 saturated heterocycles. The van der Waals surface area contributed by atoms with Crippen LogP contribution in [0.3, 0.4) is 0 Å². The Labute approximate surface area is 136 Å². The van der Waals surface area contributed by atoms with Crippen molar-refractivity contribution in [2.75, 3.05) is 0 Å². The predicted octanol–water partition coefficient (Wildman–Crippen LogP) is 3.35. The van der Waals surface area contributed by atoms with E-state index in [9.17, 15) is 9.59 Å². The van der Waals surface area contributed by atoms with Gasteiger partial charge < -0.3 is 10.0 Å². The molecule has 2 aliphatic carbocycles. The Kier molecular flexibility index (Phi) is 4.64. The average molecular weight is 316 g/mol. The summed E-state index contributed by atoms with van der Waals surface area (Å²) in [6.45, 7) is 2.23.